The second kappa shape index (κ2) is 7.89. The van der Waals surface area contributed by atoms with Crippen molar-refractivity contribution in [2.24, 2.45) is 13.0 Å². The van der Waals surface area contributed by atoms with Gasteiger partial charge < -0.3 is 16.0 Å². The molecule has 0 aliphatic carbocycles. The fraction of sp³-hybridized carbons (Fsp3) is 0.412. The van der Waals surface area contributed by atoms with E-state index < -0.39 is 0 Å². The molecule has 0 radical (unpaired) electrons. The van der Waals surface area contributed by atoms with E-state index in [1.165, 1.54) is 0 Å². The van der Waals surface area contributed by atoms with Crippen LogP contribution in [-0.2, 0) is 16.6 Å². The summed E-state index contributed by atoms with van der Waals surface area (Å²) in [5.41, 5.74) is 1.71. The molecule has 8 nitrogen and oxygen atoms in total. The van der Waals surface area contributed by atoms with Gasteiger partial charge in [0.15, 0.2) is 0 Å². The second-order valence-electron chi connectivity index (χ2n) is 6.15. The molecule has 0 unspecified atom stereocenters. The normalized spacial score (nSPS) is 19.6. The van der Waals surface area contributed by atoms with Crippen molar-refractivity contribution in [2.45, 2.75) is 12.3 Å². The molecule has 0 aromatic carbocycles. The van der Waals surface area contributed by atoms with Crippen molar-refractivity contribution in [1.82, 2.24) is 25.4 Å². The molecular formula is C17H22N6O2. The van der Waals surface area contributed by atoms with Gasteiger partial charge in [0.2, 0.25) is 11.8 Å². The lowest BCUT2D eigenvalue weighted by Gasteiger charge is -2.17. The third-order valence-corrected chi connectivity index (χ3v) is 4.30. The number of anilines is 1. The smallest absolute Gasteiger partial charge is 0.226 e. The SMILES string of the molecule is Cn1cc([C@H]2CNC[C@@H]2C(=O)NCCC(=O)Nc2cccnc2)cn1. The Morgan fingerprint density at radius 1 is 1.36 bits per heavy atom. The number of nitrogens with zero attached hydrogens (tertiary/aromatic N) is 3. The first-order valence-electron chi connectivity index (χ1n) is 8.30. The summed E-state index contributed by atoms with van der Waals surface area (Å²) in [6.07, 6.45) is 7.19. The zero-order valence-electron chi connectivity index (χ0n) is 14.1. The van der Waals surface area contributed by atoms with Crippen molar-refractivity contribution >= 4 is 17.5 Å². The van der Waals surface area contributed by atoms with Crippen LogP contribution in [0.15, 0.2) is 36.9 Å². The van der Waals surface area contributed by atoms with E-state index in [0.717, 1.165) is 12.1 Å². The van der Waals surface area contributed by atoms with Gasteiger partial charge in [0.05, 0.1) is 24.0 Å². The van der Waals surface area contributed by atoms with Gasteiger partial charge >= 0.3 is 0 Å². The molecule has 1 saturated heterocycles. The van der Waals surface area contributed by atoms with Gasteiger partial charge in [-0.1, -0.05) is 0 Å². The molecule has 0 bridgehead atoms. The number of amides is 2. The average Bonchev–Trinajstić information content (AvgIpc) is 3.24. The van der Waals surface area contributed by atoms with E-state index in [1.807, 2.05) is 13.2 Å². The van der Waals surface area contributed by atoms with Gasteiger partial charge in [-0.2, -0.15) is 5.10 Å². The summed E-state index contributed by atoms with van der Waals surface area (Å²) >= 11 is 0. The molecular weight excluding hydrogens is 320 g/mol. The highest BCUT2D eigenvalue weighted by molar-refractivity contribution is 5.91. The molecule has 1 fully saturated rings. The number of nitrogens with one attached hydrogen (secondary N) is 3. The highest BCUT2D eigenvalue weighted by atomic mass is 16.2. The van der Waals surface area contributed by atoms with E-state index in [2.05, 4.69) is 26.0 Å². The molecule has 1 aliphatic heterocycles. The molecule has 2 atom stereocenters. The van der Waals surface area contributed by atoms with Gasteiger partial charge in [-0.3, -0.25) is 19.3 Å². The fourth-order valence-corrected chi connectivity index (χ4v) is 3.03. The van der Waals surface area contributed by atoms with Crippen LogP contribution >= 0.6 is 0 Å². The predicted octanol–water partition coefficient (Wildman–Crippen LogP) is 0.263. The maximum Gasteiger partial charge on any atom is 0.226 e. The molecule has 2 aromatic heterocycles. The summed E-state index contributed by atoms with van der Waals surface area (Å²) in [6.45, 7) is 1.69. The number of carbonyl (C=O) groups excluding carboxylic acids is 2. The first-order chi connectivity index (χ1) is 12.1. The summed E-state index contributed by atoms with van der Waals surface area (Å²) < 4.78 is 1.74. The second-order valence-corrected chi connectivity index (χ2v) is 6.15. The third-order valence-electron chi connectivity index (χ3n) is 4.30. The van der Waals surface area contributed by atoms with Gasteiger partial charge in [-0.15, -0.1) is 0 Å². The molecule has 3 rings (SSSR count). The van der Waals surface area contributed by atoms with Gasteiger partial charge in [0, 0.05) is 51.4 Å². The number of aryl methyl sites for hydroxylation is 1. The lowest BCUT2D eigenvalue weighted by Crippen LogP contribution is -2.36. The maximum atomic E-state index is 12.5. The number of pyridine rings is 1. The van der Waals surface area contributed by atoms with Gasteiger partial charge in [-0.25, -0.2) is 0 Å². The standard InChI is InChI=1S/C17H22N6O2/c1-23-11-12(7-21-23)14-9-19-10-15(14)17(25)20-6-4-16(24)22-13-3-2-5-18-8-13/h2-3,5,7-8,11,14-15,19H,4,6,9-10H2,1H3,(H,20,25)(H,22,24)/t14-,15+/m1/s1. The summed E-state index contributed by atoms with van der Waals surface area (Å²) in [5, 5.41) is 13.0. The van der Waals surface area contributed by atoms with Crippen LogP contribution in [0.4, 0.5) is 5.69 Å². The minimum absolute atomic E-state index is 0.0342. The van der Waals surface area contributed by atoms with E-state index in [1.54, 1.807) is 35.4 Å². The van der Waals surface area contributed by atoms with E-state index in [9.17, 15) is 9.59 Å². The van der Waals surface area contributed by atoms with E-state index in [0.29, 0.717) is 18.8 Å². The molecule has 3 heterocycles. The first kappa shape index (κ1) is 17.1. The molecule has 132 valence electrons. The molecule has 0 saturated carbocycles. The van der Waals surface area contributed by atoms with E-state index >= 15 is 0 Å². The summed E-state index contributed by atoms with van der Waals surface area (Å²) in [4.78, 5) is 28.3. The number of aromatic nitrogens is 3. The van der Waals surface area contributed by atoms with Crippen molar-refractivity contribution in [3.8, 4) is 0 Å². The number of hydrogen-bond donors (Lipinski definition) is 3. The van der Waals surface area contributed by atoms with Crippen LogP contribution < -0.4 is 16.0 Å². The van der Waals surface area contributed by atoms with Crippen LogP contribution in [0.1, 0.15) is 17.9 Å². The van der Waals surface area contributed by atoms with Crippen LogP contribution in [0.2, 0.25) is 0 Å². The van der Waals surface area contributed by atoms with Gasteiger partial charge in [-0.05, 0) is 17.7 Å². The van der Waals surface area contributed by atoms with Crippen LogP contribution in [0.5, 0.6) is 0 Å². The van der Waals surface area contributed by atoms with Gasteiger partial charge in [0.1, 0.15) is 0 Å². The Kier molecular flexibility index (Phi) is 5.39. The largest absolute Gasteiger partial charge is 0.355 e. The fourth-order valence-electron chi connectivity index (χ4n) is 3.03. The zero-order valence-corrected chi connectivity index (χ0v) is 14.1. The summed E-state index contributed by atoms with van der Waals surface area (Å²) in [7, 11) is 1.86. The molecule has 2 amide bonds. The molecule has 8 heteroatoms. The Morgan fingerprint density at radius 3 is 2.96 bits per heavy atom. The molecule has 3 N–H and O–H groups in total. The third kappa shape index (κ3) is 4.42. The number of rotatable bonds is 6. The average molecular weight is 342 g/mol. The van der Waals surface area contributed by atoms with Crippen molar-refractivity contribution in [3.63, 3.8) is 0 Å². The maximum absolute atomic E-state index is 12.5. The minimum Gasteiger partial charge on any atom is -0.355 e. The quantitative estimate of drug-likeness (QED) is 0.699. The highest BCUT2D eigenvalue weighted by Crippen LogP contribution is 2.27. The summed E-state index contributed by atoms with van der Waals surface area (Å²) in [5.74, 6) is -0.224. The Hall–Kier alpha value is -2.74. The first-order valence-corrected chi connectivity index (χ1v) is 8.30. The summed E-state index contributed by atoms with van der Waals surface area (Å²) in [6, 6.07) is 3.52. The monoisotopic (exact) mass is 342 g/mol. The van der Waals surface area contributed by atoms with Gasteiger partial charge in [0.25, 0.3) is 0 Å². The van der Waals surface area contributed by atoms with Crippen LogP contribution in [0.3, 0.4) is 0 Å². The Morgan fingerprint density at radius 2 is 2.24 bits per heavy atom. The Labute approximate surface area is 146 Å². The highest BCUT2D eigenvalue weighted by Gasteiger charge is 2.34. The zero-order chi connectivity index (χ0) is 17.6. The number of carbonyl (C=O) groups is 2. The van der Waals surface area contributed by atoms with Crippen molar-refractivity contribution in [3.05, 3.63) is 42.5 Å². The van der Waals surface area contributed by atoms with Crippen LogP contribution in [-0.4, -0.2) is 46.2 Å². The Bertz CT molecular complexity index is 730. The van der Waals surface area contributed by atoms with Crippen molar-refractivity contribution in [2.75, 3.05) is 25.0 Å². The molecule has 1 aliphatic rings. The van der Waals surface area contributed by atoms with E-state index in [-0.39, 0.29) is 30.1 Å². The Balaban J connectivity index is 1.46. The van der Waals surface area contributed by atoms with Crippen molar-refractivity contribution in [1.29, 1.82) is 0 Å². The molecule has 25 heavy (non-hydrogen) atoms. The minimum atomic E-state index is -0.151. The van der Waals surface area contributed by atoms with Crippen LogP contribution in [0, 0.1) is 5.92 Å². The van der Waals surface area contributed by atoms with Crippen LogP contribution in [0.25, 0.3) is 0 Å². The lowest BCUT2D eigenvalue weighted by molar-refractivity contribution is -0.124. The van der Waals surface area contributed by atoms with E-state index in [4.69, 9.17) is 0 Å². The van der Waals surface area contributed by atoms with Crippen molar-refractivity contribution < 1.29 is 9.59 Å². The lowest BCUT2D eigenvalue weighted by atomic mass is 9.90. The molecule has 2 aromatic rings. The molecule has 0 spiro atoms. The number of hydrogen-bond acceptors (Lipinski definition) is 5. The predicted molar refractivity (Wildman–Crippen MR) is 92.8 cm³/mol. The topological polar surface area (TPSA) is 101 Å².